The van der Waals surface area contributed by atoms with E-state index in [1.807, 2.05) is 6.92 Å². The van der Waals surface area contributed by atoms with Crippen molar-refractivity contribution in [2.24, 2.45) is 0 Å². The Hall–Kier alpha value is -1.50. The molecule has 1 heterocycles. The van der Waals surface area contributed by atoms with Crippen LogP contribution in [0.4, 0.5) is 0 Å². The average molecular weight is 198 g/mol. The van der Waals surface area contributed by atoms with Gasteiger partial charge in [0.25, 0.3) is 0 Å². The molecular formula is C14H14O. The van der Waals surface area contributed by atoms with Crippen LogP contribution >= 0.6 is 0 Å². The largest absolute Gasteiger partial charge is 0.465 e. The zero-order valence-electron chi connectivity index (χ0n) is 9.35. The summed E-state index contributed by atoms with van der Waals surface area (Å²) >= 11 is 0. The molecule has 0 bridgehead atoms. The first-order chi connectivity index (χ1) is 7.15. The van der Waals surface area contributed by atoms with Gasteiger partial charge in [-0.25, -0.2) is 0 Å². The first-order valence-corrected chi connectivity index (χ1v) is 5.35. The van der Waals surface area contributed by atoms with Gasteiger partial charge in [-0.2, -0.15) is 0 Å². The third-order valence-electron chi connectivity index (χ3n) is 3.29. The molecule has 1 aliphatic carbocycles. The molecule has 2 aromatic rings. The SMILES string of the molecule is Cc1cc2c(o1)Cc1cc(C)c(C)cc1-2. The average Bonchev–Trinajstić information content (AvgIpc) is 2.64. The summed E-state index contributed by atoms with van der Waals surface area (Å²) in [6.45, 7) is 6.35. The van der Waals surface area contributed by atoms with E-state index in [1.165, 1.54) is 27.8 Å². The normalized spacial score (nSPS) is 12.7. The lowest BCUT2D eigenvalue weighted by Gasteiger charge is -2.04. The van der Waals surface area contributed by atoms with Crippen molar-refractivity contribution in [3.05, 3.63) is 46.4 Å². The molecule has 0 N–H and O–H groups in total. The van der Waals surface area contributed by atoms with E-state index < -0.39 is 0 Å². The maximum Gasteiger partial charge on any atom is 0.116 e. The molecule has 1 aliphatic rings. The van der Waals surface area contributed by atoms with Crippen molar-refractivity contribution in [1.29, 1.82) is 0 Å². The molecule has 76 valence electrons. The zero-order chi connectivity index (χ0) is 10.6. The van der Waals surface area contributed by atoms with Crippen molar-refractivity contribution in [1.82, 2.24) is 0 Å². The van der Waals surface area contributed by atoms with E-state index in [0.29, 0.717) is 0 Å². The Labute approximate surface area is 89.7 Å². The smallest absolute Gasteiger partial charge is 0.116 e. The van der Waals surface area contributed by atoms with Gasteiger partial charge in [-0.1, -0.05) is 12.1 Å². The summed E-state index contributed by atoms with van der Waals surface area (Å²) in [6.07, 6.45) is 0.958. The van der Waals surface area contributed by atoms with Crippen LogP contribution in [-0.2, 0) is 6.42 Å². The summed E-state index contributed by atoms with van der Waals surface area (Å²) in [6, 6.07) is 6.72. The van der Waals surface area contributed by atoms with Crippen LogP contribution in [0.25, 0.3) is 11.1 Å². The summed E-state index contributed by atoms with van der Waals surface area (Å²) in [5, 5.41) is 0. The van der Waals surface area contributed by atoms with Crippen LogP contribution in [0, 0.1) is 20.8 Å². The summed E-state index contributed by atoms with van der Waals surface area (Å²) in [4.78, 5) is 0. The molecule has 1 aromatic carbocycles. The van der Waals surface area contributed by atoms with Gasteiger partial charge in [-0.15, -0.1) is 0 Å². The fourth-order valence-corrected chi connectivity index (χ4v) is 2.37. The van der Waals surface area contributed by atoms with Crippen LogP contribution in [-0.4, -0.2) is 0 Å². The molecule has 0 unspecified atom stereocenters. The Kier molecular flexibility index (Phi) is 1.61. The zero-order valence-corrected chi connectivity index (χ0v) is 9.35. The number of aryl methyl sites for hydroxylation is 3. The highest BCUT2D eigenvalue weighted by Crippen LogP contribution is 2.39. The lowest BCUT2D eigenvalue weighted by molar-refractivity contribution is 0.496. The number of fused-ring (bicyclic) bond motifs is 3. The highest BCUT2D eigenvalue weighted by atomic mass is 16.3. The van der Waals surface area contributed by atoms with E-state index in [1.54, 1.807) is 0 Å². The first kappa shape index (κ1) is 8.78. The minimum Gasteiger partial charge on any atom is -0.465 e. The lowest BCUT2D eigenvalue weighted by Crippen LogP contribution is -1.86. The van der Waals surface area contributed by atoms with Crippen molar-refractivity contribution in [2.45, 2.75) is 27.2 Å². The van der Waals surface area contributed by atoms with E-state index in [9.17, 15) is 0 Å². The van der Waals surface area contributed by atoms with Gasteiger partial charge in [0.1, 0.15) is 11.5 Å². The predicted molar refractivity (Wildman–Crippen MR) is 61.2 cm³/mol. The van der Waals surface area contributed by atoms with Gasteiger partial charge in [0.05, 0.1) is 0 Å². The second-order valence-corrected chi connectivity index (χ2v) is 4.46. The maximum atomic E-state index is 5.69. The highest BCUT2D eigenvalue weighted by Gasteiger charge is 2.22. The molecular weight excluding hydrogens is 184 g/mol. The minimum absolute atomic E-state index is 0.958. The van der Waals surface area contributed by atoms with Gasteiger partial charge in [0.15, 0.2) is 0 Å². The fraction of sp³-hybridized carbons (Fsp3) is 0.286. The molecule has 15 heavy (non-hydrogen) atoms. The number of rotatable bonds is 0. The van der Waals surface area contributed by atoms with Gasteiger partial charge >= 0.3 is 0 Å². The second-order valence-electron chi connectivity index (χ2n) is 4.46. The van der Waals surface area contributed by atoms with Crippen molar-refractivity contribution in [3.63, 3.8) is 0 Å². The maximum absolute atomic E-state index is 5.69. The first-order valence-electron chi connectivity index (χ1n) is 5.35. The van der Waals surface area contributed by atoms with Crippen LogP contribution in [0.1, 0.15) is 28.2 Å². The summed E-state index contributed by atoms with van der Waals surface area (Å²) in [5.41, 5.74) is 6.80. The fourth-order valence-electron chi connectivity index (χ4n) is 2.37. The van der Waals surface area contributed by atoms with Crippen LogP contribution in [0.15, 0.2) is 22.6 Å². The molecule has 1 aromatic heterocycles. The van der Waals surface area contributed by atoms with Crippen LogP contribution in [0.5, 0.6) is 0 Å². The summed E-state index contributed by atoms with van der Waals surface area (Å²) in [7, 11) is 0. The molecule has 0 radical (unpaired) electrons. The van der Waals surface area contributed by atoms with Gasteiger partial charge in [-0.3, -0.25) is 0 Å². The molecule has 0 aliphatic heterocycles. The molecule has 0 amide bonds. The molecule has 0 saturated heterocycles. The molecule has 1 heteroatoms. The molecule has 0 atom stereocenters. The number of benzene rings is 1. The van der Waals surface area contributed by atoms with E-state index in [4.69, 9.17) is 4.42 Å². The minimum atomic E-state index is 0.958. The van der Waals surface area contributed by atoms with Crippen LogP contribution in [0.2, 0.25) is 0 Å². The van der Waals surface area contributed by atoms with Gasteiger partial charge in [-0.05, 0) is 49.1 Å². The van der Waals surface area contributed by atoms with Gasteiger partial charge in [0, 0.05) is 12.0 Å². The summed E-state index contributed by atoms with van der Waals surface area (Å²) in [5.74, 6) is 2.15. The Morgan fingerprint density at radius 1 is 0.933 bits per heavy atom. The van der Waals surface area contributed by atoms with E-state index in [0.717, 1.165) is 17.9 Å². The number of hydrogen-bond acceptors (Lipinski definition) is 1. The monoisotopic (exact) mass is 198 g/mol. The van der Waals surface area contributed by atoms with E-state index in [-0.39, 0.29) is 0 Å². The molecule has 0 saturated carbocycles. The second kappa shape index (κ2) is 2.75. The molecule has 1 nitrogen and oxygen atoms in total. The van der Waals surface area contributed by atoms with Crippen molar-refractivity contribution in [3.8, 4) is 11.1 Å². The number of hydrogen-bond donors (Lipinski definition) is 0. The molecule has 3 rings (SSSR count). The standard InChI is InChI=1S/C14H14O/c1-8-4-11-7-14-13(6-10(3)15-14)12(11)5-9(8)2/h4-6H,7H2,1-3H3. The van der Waals surface area contributed by atoms with Crippen LogP contribution in [0.3, 0.4) is 0 Å². The third kappa shape index (κ3) is 1.16. The third-order valence-corrected chi connectivity index (χ3v) is 3.29. The Bertz CT molecular complexity index is 547. The molecule has 0 spiro atoms. The predicted octanol–water partition coefficient (Wildman–Crippen LogP) is 3.78. The van der Waals surface area contributed by atoms with E-state index in [2.05, 4.69) is 32.0 Å². The quantitative estimate of drug-likeness (QED) is 0.536. The van der Waals surface area contributed by atoms with Crippen molar-refractivity contribution >= 4 is 0 Å². The Balaban J connectivity index is 2.27. The van der Waals surface area contributed by atoms with Gasteiger partial charge < -0.3 is 4.42 Å². The topological polar surface area (TPSA) is 13.1 Å². The highest BCUT2D eigenvalue weighted by molar-refractivity contribution is 5.76. The Morgan fingerprint density at radius 3 is 2.47 bits per heavy atom. The Morgan fingerprint density at radius 2 is 1.67 bits per heavy atom. The lowest BCUT2D eigenvalue weighted by atomic mass is 10.00. The van der Waals surface area contributed by atoms with E-state index >= 15 is 0 Å². The van der Waals surface area contributed by atoms with Crippen molar-refractivity contribution in [2.75, 3.05) is 0 Å². The number of furan rings is 1. The molecule has 0 fully saturated rings. The summed E-state index contributed by atoms with van der Waals surface area (Å²) < 4.78 is 5.69. The van der Waals surface area contributed by atoms with Crippen LogP contribution < -0.4 is 0 Å². The van der Waals surface area contributed by atoms with Gasteiger partial charge in [0.2, 0.25) is 0 Å². The van der Waals surface area contributed by atoms with Crippen molar-refractivity contribution < 1.29 is 4.42 Å².